The van der Waals surface area contributed by atoms with Crippen LogP contribution in [0.5, 0.6) is 0 Å². The highest BCUT2D eigenvalue weighted by atomic mass is 127. The Kier molecular flexibility index (Phi) is 8.73. The second-order valence-electron chi connectivity index (χ2n) is 8.00. The van der Waals surface area contributed by atoms with Gasteiger partial charge in [-0.25, -0.2) is 9.37 Å². The first-order valence-electron chi connectivity index (χ1n) is 10.1. The van der Waals surface area contributed by atoms with Crippen molar-refractivity contribution in [3.63, 3.8) is 0 Å². The molecule has 1 aromatic heterocycles. The molecule has 1 aliphatic heterocycles. The first-order chi connectivity index (χ1) is 13.0. The molecule has 2 fully saturated rings. The Bertz CT molecular complexity index is 661. The number of guanidine groups is 1. The summed E-state index contributed by atoms with van der Waals surface area (Å²) >= 11 is 0. The fraction of sp³-hybridized carbons (Fsp3) is 0.700. The number of anilines is 1. The molecule has 0 spiro atoms. The van der Waals surface area contributed by atoms with Crippen molar-refractivity contribution in [3.05, 3.63) is 24.1 Å². The first kappa shape index (κ1) is 23.1. The number of aliphatic hydroxyl groups is 1. The lowest BCUT2D eigenvalue weighted by Gasteiger charge is -2.37. The minimum absolute atomic E-state index is 0. The van der Waals surface area contributed by atoms with E-state index in [0.29, 0.717) is 18.9 Å². The van der Waals surface area contributed by atoms with Crippen molar-refractivity contribution in [3.8, 4) is 0 Å². The topological polar surface area (TPSA) is 72.8 Å². The molecule has 158 valence electrons. The molecule has 0 aromatic carbocycles. The zero-order chi connectivity index (χ0) is 19.3. The molecule has 0 bridgehead atoms. The average Bonchev–Trinajstić information content (AvgIpc) is 3.11. The number of pyridine rings is 1. The van der Waals surface area contributed by atoms with E-state index in [1.165, 1.54) is 6.07 Å². The molecule has 3 rings (SSSR count). The van der Waals surface area contributed by atoms with E-state index in [-0.39, 0.29) is 47.4 Å². The third-order valence-corrected chi connectivity index (χ3v) is 5.79. The molecule has 1 saturated heterocycles. The highest BCUT2D eigenvalue weighted by Gasteiger charge is 2.35. The summed E-state index contributed by atoms with van der Waals surface area (Å²) in [6.07, 6.45) is 6.37. The summed E-state index contributed by atoms with van der Waals surface area (Å²) in [5, 5.41) is 17.2. The van der Waals surface area contributed by atoms with E-state index < -0.39 is 0 Å². The third kappa shape index (κ3) is 5.68. The van der Waals surface area contributed by atoms with Crippen LogP contribution in [-0.4, -0.2) is 54.4 Å². The molecule has 3 N–H and O–H groups in total. The number of aromatic nitrogens is 1. The summed E-state index contributed by atoms with van der Waals surface area (Å²) < 4.78 is 14.0. The van der Waals surface area contributed by atoms with Gasteiger partial charge in [0.15, 0.2) is 17.6 Å². The van der Waals surface area contributed by atoms with Crippen LogP contribution >= 0.6 is 24.0 Å². The van der Waals surface area contributed by atoms with E-state index in [9.17, 15) is 9.50 Å². The standard InChI is InChI=1S/C20H32FN5O.HI/c1-3-22-19(24-14-20(2)10-5-4-8-17(20)27)25-15-9-12-26(13-15)18-16(21)7-6-11-23-18;/h6-7,11,15,17,27H,3-5,8-10,12-14H2,1-2H3,(H2,22,24,25);1H. The minimum Gasteiger partial charge on any atom is -0.392 e. The van der Waals surface area contributed by atoms with Crippen LogP contribution in [0, 0.1) is 11.2 Å². The largest absolute Gasteiger partial charge is 0.392 e. The van der Waals surface area contributed by atoms with Crippen LogP contribution in [0.25, 0.3) is 0 Å². The molecule has 3 unspecified atom stereocenters. The number of halogens is 2. The van der Waals surface area contributed by atoms with Gasteiger partial charge in [-0.15, -0.1) is 24.0 Å². The molecule has 0 radical (unpaired) electrons. The van der Waals surface area contributed by atoms with Gasteiger partial charge in [0.1, 0.15) is 0 Å². The monoisotopic (exact) mass is 505 g/mol. The van der Waals surface area contributed by atoms with Crippen LogP contribution < -0.4 is 15.5 Å². The summed E-state index contributed by atoms with van der Waals surface area (Å²) in [6.45, 7) is 7.01. The fourth-order valence-corrected chi connectivity index (χ4v) is 4.02. The quantitative estimate of drug-likeness (QED) is 0.326. The predicted molar refractivity (Wildman–Crippen MR) is 122 cm³/mol. The lowest BCUT2D eigenvalue weighted by atomic mass is 9.73. The normalized spacial score (nSPS) is 28.0. The van der Waals surface area contributed by atoms with Gasteiger partial charge < -0.3 is 20.6 Å². The molecule has 1 saturated carbocycles. The van der Waals surface area contributed by atoms with E-state index in [1.54, 1.807) is 12.3 Å². The van der Waals surface area contributed by atoms with Crippen molar-refractivity contribution in [2.24, 2.45) is 10.4 Å². The van der Waals surface area contributed by atoms with Crippen LogP contribution in [0.15, 0.2) is 23.3 Å². The van der Waals surface area contributed by atoms with Crippen LogP contribution in [0.1, 0.15) is 46.0 Å². The molecular formula is C20H33FIN5O. The van der Waals surface area contributed by atoms with Crippen LogP contribution in [-0.2, 0) is 0 Å². The maximum Gasteiger partial charge on any atom is 0.191 e. The molecule has 2 heterocycles. The van der Waals surface area contributed by atoms with Crippen LogP contribution in [0.2, 0.25) is 0 Å². The van der Waals surface area contributed by atoms with Gasteiger partial charge in [-0.05, 0) is 38.3 Å². The Morgan fingerprint density at radius 2 is 2.25 bits per heavy atom. The zero-order valence-corrected chi connectivity index (χ0v) is 19.2. The first-order valence-corrected chi connectivity index (χ1v) is 10.1. The molecule has 2 aliphatic rings. The molecule has 6 nitrogen and oxygen atoms in total. The molecule has 1 aromatic rings. The van der Waals surface area contributed by atoms with Gasteiger partial charge in [0.2, 0.25) is 0 Å². The van der Waals surface area contributed by atoms with Crippen molar-refractivity contribution in [1.82, 2.24) is 15.6 Å². The van der Waals surface area contributed by atoms with Gasteiger partial charge >= 0.3 is 0 Å². The maximum absolute atomic E-state index is 14.0. The molecular weight excluding hydrogens is 472 g/mol. The number of hydrogen-bond acceptors (Lipinski definition) is 4. The average molecular weight is 505 g/mol. The summed E-state index contributed by atoms with van der Waals surface area (Å²) in [5.41, 5.74) is -0.153. The van der Waals surface area contributed by atoms with E-state index in [4.69, 9.17) is 4.99 Å². The molecule has 28 heavy (non-hydrogen) atoms. The summed E-state index contributed by atoms with van der Waals surface area (Å²) in [5.74, 6) is 0.907. The van der Waals surface area contributed by atoms with Crippen LogP contribution in [0.3, 0.4) is 0 Å². The highest BCUT2D eigenvalue weighted by molar-refractivity contribution is 14.0. The number of aliphatic hydroxyl groups excluding tert-OH is 1. The van der Waals surface area contributed by atoms with Gasteiger partial charge in [-0.1, -0.05) is 19.8 Å². The minimum atomic E-state index is -0.285. The molecule has 8 heteroatoms. The number of hydrogen-bond donors (Lipinski definition) is 3. The van der Waals surface area contributed by atoms with Gasteiger partial charge in [0.05, 0.1) is 12.6 Å². The van der Waals surface area contributed by atoms with E-state index >= 15 is 0 Å². The lowest BCUT2D eigenvalue weighted by Crippen LogP contribution is -2.46. The van der Waals surface area contributed by atoms with Crippen molar-refractivity contribution in [1.29, 1.82) is 0 Å². The number of aliphatic imine (C=N–C) groups is 1. The van der Waals surface area contributed by atoms with Gasteiger partial charge in [-0.2, -0.15) is 0 Å². The van der Waals surface area contributed by atoms with Crippen molar-refractivity contribution < 1.29 is 9.50 Å². The Balaban J connectivity index is 0.00000280. The Morgan fingerprint density at radius 3 is 2.96 bits per heavy atom. The van der Waals surface area contributed by atoms with Crippen molar-refractivity contribution in [2.45, 2.75) is 58.1 Å². The summed E-state index contributed by atoms with van der Waals surface area (Å²) in [4.78, 5) is 10.9. The van der Waals surface area contributed by atoms with Crippen LogP contribution in [0.4, 0.5) is 10.2 Å². The number of nitrogens with zero attached hydrogens (tertiary/aromatic N) is 3. The SMILES string of the molecule is CCNC(=NCC1(C)CCCCC1O)NC1CCN(c2ncccc2F)C1.I. The predicted octanol–water partition coefficient (Wildman–Crippen LogP) is 2.91. The van der Waals surface area contributed by atoms with Gasteiger partial charge in [-0.3, -0.25) is 4.99 Å². The number of rotatable bonds is 5. The van der Waals surface area contributed by atoms with Crippen molar-refractivity contribution in [2.75, 3.05) is 31.1 Å². The fourth-order valence-electron chi connectivity index (χ4n) is 4.02. The molecule has 3 atom stereocenters. The van der Waals surface area contributed by atoms with E-state index in [0.717, 1.165) is 51.2 Å². The van der Waals surface area contributed by atoms with E-state index in [1.807, 2.05) is 11.8 Å². The number of nitrogens with one attached hydrogen (secondary N) is 2. The van der Waals surface area contributed by atoms with Gasteiger partial charge in [0.25, 0.3) is 0 Å². The summed E-state index contributed by atoms with van der Waals surface area (Å²) in [7, 11) is 0. The van der Waals surface area contributed by atoms with Crippen molar-refractivity contribution >= 4 is 35.8 Å². The lowest BCUT2D eigenvalue weighted by molar-refractivity contribution is 0.00716. The Hall–Kier alpha value is -1.16. The molecule has 1 aliphatic carbocycles. The second-order valence-corrected chi connectivity index (χ2v) is 8.00. The maximum atomic E-state index is 14.0. The van der Waals surface area contributed by atoms with Gasteiger partial charge in [0, 0.05) is 37.3 Å². The zero-order valence-electron chi connectivity index (χ0n) is 16.8. The second kappa shape index (κ2) is 10.6. The third-order valence-electron chi connectivity index (χ3n) is 5.79. The molecule has 0 amide bonds. The Morgan fingerprint density at radius 1 is 1.43 bits per heavy atom. The van der Waals surface area contributed by atoms with E-state index in [2.05, 4.69) is 22.5 Å². The smallest absolute Gasteiger partial charge is 0.191 e. The summed E-state index contributed by atoms with van der Waals surface area (Å²) in [6, 6.07) is 3.25. The highest BCUT2D eigenvalue weighted by Crippen LogP contribution is 2.36. The Labute approximate surface area is 184 Å².